The van der Waals surface area contributed by atoms with Crippen LogP contribution in [0.2, 0.25) is 0 Å². The molecule has 0 aromatic heterocycles. The predicted octanol–water partition coefficient (Wildman–Crippen LogP) is 3.02. The average Bonchev–Trinajstić information content (AvgIpc) is 2.82. The Hall–Kier alpha value is -2.84. The molecule has 2 N–H and O–H groups in total. The summed E-state index contributed by atoms with van der Waals surface area (Å²) < 4.78 is 0. The molecular weight excluding hydrogens is 544 g/mol. The summed E-state index contributed by atoms with van der Waals surface area (Å²) in [6.07, 6.45) is -2.33. The van der Waals surface area contributed by atoms with Gasteiger partial charge in [0.25, 0.3) is 0 Å². The maximum Gasteiger partial charge on any atom is 2.00 e. The number of rotatable bonds is 4. The first-order valence-electron chi connectivity index (χ1n) is 10.9. The van der Waals surface area contributed by atoms with Crippen LogP contribution in [0.1, 0.15) is 30.9 Å². The van der Waals surface area contributed by atoms with Crippen LogP contribution in [-0.4, -0.2) is 11.6 Å². The quantitative estimate of drug-likeness (QED) is 0.276. The van der Waals surface area contributed by atoms with Crippen LogP contribution in [-0.2, 0) is 19.5 Å². The van der Waals surface area contributed by atoms with Crippen molar-refractivity contribution in [1.82, 2.24) is 0 Å². The maximum absolute atomic E-state index is 8.33. The second-order valence-electron chi connectivity index (χ2n) is 7.79. The van der Waals surface area contributed by atoms with Gasteiger partial charge in [0, 0.05) is 0 Å². The molecule has 6 heteroatoms. The van der Waals surface area contributed by atoms with Gasteiger partial charge in [-0.3, -0.25) is 0 Å². The molecule has 0 unspecified atom stereocenters. The molecule has 184 valence electrons. The topological polar surface area (TPSA) is 94.7 Å². The van der Waals surface area contributed by atoms with E-state index in [0.29, 0.717) is 5.92 Å². The van der Waals surface area contributed by atoms with Gasteiger partial charge in [-0.05, 0) is 61.0 Å². The number of carboxylic acid groups (broad SMARTS) is 2. The molecule has 4 nitrogen and oxygen atoms in total. The van der Waals surface area contributed by atoms with Gasteiger partial charge in [-0.15, -0.1) is 0 Å². The van der Waals surface area contributed by atoms with Gasteiger partial charge in [0.2, 0.25) is 0 Å². The van der Waals surface area contributed by atoms with Crippen LogP contribution in [0.5, 0.6) is 0 Å². The van der Waals surface area contributed by atoms with Gasteiger partial charge in [-0.1, -0.05) is 98.3 Å². The van der Waals surface area contributed by atoms with Crippen molar-refractivity contribution in [3.63, 3.8) is 0 Å². The zero-order valence-electron chi connectivity index (χ0n) is 20.1. The molecule has 0 spiro atoms. The third kappa shape index (κ3) is 11.9. The minimum atomic E-state index is -2.33. The van der Waals surface area contributed by atoms with E-state index < -0.39 is 14.1 Å². The maximum atomic E-state index is 8.33. The molecule has 0 amide bonds. The Labute approximate surface area is 222 Å². The molecular formula is C29H32O4PRu+. The average molecular weight is 577 g/mol. The summed E-state index contributed by atoms with van der Waals surface area (Å²) in [5, 5.41) is 21.0. The van der Waals surface area contributed by atoms with Gasteiger partial charge >= 0.3 is 19.5 Å². The van der Waals surface area contributed by atoms with Gasteiger partial charge in [-0.25, -0.2) is 0 Å². The van der Waals surface area contributed by atoms with E-state index in [-0.39, 0.29) is 25.0 Å². The molecule has 0 saturated heterocycles. The molecule has 35 heavy (non-hydrogen) atoms. The van der Waals surface area contributed by atoms with Crippen LogP contribution in [0, 0.1) is 6.92 Å². The van der Waals surface area contributed by atoms with Crippen LogP contribution in [0.4, 0.5) is 4.79 Å². The first-order valence-corrected chi connectivity index (χ1v) is 12.4. The molecule has 0 atom stereocenters. The molecule has 4 rings (SSSR count). The number of carbonyl (C=O) groups excluding carboxylic acids is 1. The normalized spacial score (nSPS) is 9.40. The van der Waals surface area contributed by atoms with E-state index in [2.05, 4.69) is 136 Å². The second kappa shape index (κ2) is 17.6. The summed E-state index contributed by atoms with van der Waals surface area (Å²) in [5.74, 6) is 0.653. The minimum absolute atomic E-state index is 0. The summed E-state index contributed by atoms with van der Waals surface area (Å²) >= 11 is 0. The van der Waals surface area contributed by atoms with Crippen LogP contribution >= 0.6 is 7.92 Å². The Bertz CT molecular complexity index is 976. The first kappa shape index (κ1) is 32.2. The fraction of sp³-hybridized carbons (Fsp3) is 0.138. The third-order valence-electron chi connectivity index (χ3n) is 4.93. The fourth-order valence-electron chi connectivity index (χ4n) is 3.27. The zero-order chi connectivity index (χ0) is 24.1. The van der Waals surface area contributed by atoms with Crippen molar-refractivity contribution in [2.45, 2.75) is 26.7 Å². The Morgan fingerprint density at radius 1 is 0.629 bits per heavy atom. The van der Waals surface area contributed by atoms with E-state index in [0.717, 1.165) is 0 Å². The number of hydrogen-bond donors (Lipinski definition) is 0. The van der Waals surface area contributed by atoms with Crippen molar-refractivity contribution in [3.05, 3.63) is 126 Å². The zero-order valence-corrected chi connectivity index (χ0v) is 22.9. The third-order valence-corrected chi connectivity index (χ3v) is 7.66. The van der Waals surface area contributed by atoms with Gasteiger partial charge in [0.05, 0.1) is 7.92 Å². The van der Waals surface area contributed by atoms with E-state index in [4.69, 9.17) is 15.0 Å². The van der Waals surface area contributed by atoms with Crippen molar-refractivity contribution >= 4 is 30.0 Å². The van der Waals surface area contributed by atoms with Crippen molar-refractivity contribution in [1.29, 1.82) is 0 Å². The standard InChI is InChI=1S/C18H15P.C10H14.CH2O3.H2O.Ru/c1-4-10-16(11-5-1)19(17-12-6-2-7-13-17)18-14-8-3-9-15-18;1-8(2)10-6-4-9(3)5-7-10;2-1(3)4;;/h1-15H;4-8H,1-3H3;(H2,2,3,4);1H2;/q;;;;+2/p-1. The predicted molar refractivity (Wildman–Crippen MR) is 141 cm³/mol. The van der Waals surface area contributed by atoms with Crippen LogP contribution < -0.4 is 26.1 Å². The van der Waals surface area contributed by atoms with E-state index in [1.54, 1.807) is 0 Å². The summed E-state index contributed by atoms with van der Waals surface area (Å²) in [7, 11) is -0.877. The van der Waals surface area contributed by atoms with Gasteiger partial charge in [-0.2, -0.15) is 0 Å². The largest absolute Gasteiger partial charge is 2.00 e. The molecule has 4 aromatic carbocycles. The number of aryl methyl sites for hydroxylation is 1. The van der Waals surface area contributed by atoms with Gasteiger partial charge in [0.15, 0.2) is 0 Å². The first-order chi connectivity index (χ1) is 15.9. The van der Waals surface area contributed by atoms with E-state index in [1.165, 1.54) is 27.0 Å². The van der Waals surface area contributed by atoms with Gasteiger partial charge in [0.1, 0.15) is 15.9 Å². The molecule has 0 bridgehead atoms. The van der Waals surface area contributed by atoms with Crippen LogP contribution in [0.15, 0.2) is 115 Å². The Morgan fingerprint density at radius 2 is 0.914 bits per heavy atom. The number of benzene rings is 4. The molecule has 0 aliphatic heterocycles. The van der Waals surface area contributed by atoms with Crippen LogP contribution in [0.25, 0.3) is 0 Å². The second-order valence-corrected chi connectivity index (χ2v) is 10.3. The van der Waals surface area contributed by atoms with Gasteiger partial charge < -0.3 is 20.5 Å². The Morgan fingerprint density at radius 3 is 1.17 bits per heavy atom. The summed E-state index contributed by atoms with van der Waals surface area (Å²) in [5.41, 5.74) is 2.76. The summed E-state index contributed by atoms with van der Waals surface area (Å²) in [6, 6.07) is 41.2. The molecule has 0 aliphatic carbocycles. The van der Waals surface area contributed by atoms with Crippen molar-refractivity contribution in [2.24, 2.45) is 0 Å². The summed E-state index contributed by atoms with van der Waals surface area (Å²) in [4.78, 5) is 8.33. The van der Waals surface area contributed by atoms with Crippen molar-refractivity contribution in [2.75, 3.05) is 0 Å². The Kier molecular flexibility index (Phi) is 16.2. The molecule has 0 fully saturated rings. The number of hydrogen-bond acceptors (Lipinski definition) is 3. The SMILES string of the molecule is Cc1ccc(C(C)C)cc1.O.O=C([O-])[O-].[Ru+2].c1ccc([PH+](c2ccccc2)c2ccccc2)cc1. The molecule has 4 aromatic rings. The van der Waals surface area contributed by atoms with E-state index >= 15 is 0 Å². The van der Waals surface area contributed by atoms with Crippen molar-refractivity contribution < 1.29 is 40.0 Å². The molecule has 0 aliphatic rings. The minimum Gasteiger partial charge on any atom is -0.652 e. The molecule has 0 saturated carbocycles. The fourth-order valence-corrected chi connectivity index (χ4v) is 5.84. The van der Waals surface area contributed by atoms with E-state index in [1.807, 2.05) is 0 Å². The smallest absolute Gasteiger partial charge is 0.652 e. The van der Waals surface area contributed by atoms with Crippen molar-refractivity contribution in [3.8, 4) is 0 Å². The van der Waals surface area contributed by atoms with Crippen LogP contribution in [0.3, 0.4) is 0 Å². The molecule has 0 heterocycles. The monoisotopic (exact) mass is 577 g/mol. The molecule has 0 radical (unpaired) electrons. The number of carbonyl (C=O) groups is 1. The summed E-state index contributed by atoms with van der Waals surface area (Å²) in [6.45, 7) is 6.54. The Balaban J connectivity index is 0.000000615. The van der Waals surface area contributed by atoms with E-state index in [9.17, 15) is 0 Å².